The predicted octanol–water partition coefficient (Wildman–Crippen LogP) is 40.3. The molecule has 28 rings (SSSR count). The summed E-state index contributed by atoms with van der Waals surface area (Å²) in [6, 6.07) is 194. The Kier molecular flexibility index (Phi) is 22.6. The summed E-state index contributed by atoms with van der Waals surface area (Å²) in [5.74, 6) is 0. The Bertz CT molecular complexity index is 9720. The zero-order valence-electron chi connectivity index (χ0n) is 80.6. The molecule has 0 aliphatic carbocycles. The molecule has 0 saturated carbocycles. The molecule has 0 spiro atoms. The Labute approximate surface area is 837 Å². The van der Waals surface area contributed by atoms with Gasteiger partial charge in [-0.25, -0.2) is 0 Å². The van der Waals surface area contributed by atoms with E-state index in [1.807, 2.05) is 0 Å². The standard InChI is InChI=1S/4C35H25N/c1-24-9-2-7-15-33(24)36(29-21-22-31-28(23-29)20-18-25-10-3-5-13-30(25)31)34-16-8-12-27-19-17-26-11-4-6-14-32(26)35(27)34;1-24-8-6-12-29(22-24)36(30-20-21-32-28(23-30)19-17-25-9-2-4-13-31(25)32)34-15-7-11-27-18-16-26-10-3-5-14-33(26)35(27)34;1-24-14-18-28(19-15-24)36(29-20-21-32-27(22-29)17-16-25-8-2-4-10-30(25)32)35-23-26-9-3-5-11-31(26)33-12-6-7-13-34(33)35;1-24-13-19-29(20-14-24)36(30-21-22-32-28(23-30)18-16-25-7-2-4-10-31(25)32)34-12-6-9-27-17-15-26-8-3-5-11-33(26)35(27)34/h4*2-23H,1H3. The molecule has 0 aliphatic heterocycles. The van der Waals surface area contributed by atoms with Gasteiger partial charge in [-0.05, 0) is 305 Å². The molecule has 0 atom stereocenters. The Morgan fingerprint density at radius 1 is 0.111 bits per heavy atom. The van der Waals surface area contributed by atoms with Gasteiger partial charge in [0.2, 0.25) is 0 Å². The van der Waals surface area contributed by atoms with Gasteiger partial charge >= 0.3 is 0 Å². The van der Waals surface area contributed by atoms with Gasteiger partial charge < -0.3 is 19.6 Å². The van der Waals surface area contributed by atoms with Crippen LogP contribution in [0.2, 0.25) is 0 Å². The van der Waals surface area contributed by atoms with Crippen LogP contribution in [0.4, 0.5) is 68.2 Å². The van der Waals surface area contributed by atoms with Gasteiger partial charge in [0.15, 0.2) is 0 Å². The SMILES string of the molecule is Cc1ccc(N(c2ccc3c(ccc4ccccc43)c2)c2cc3ccccc3c3ccccc23)cc1.Cc1ccc(N(c2ccc3c(ccc4ccccc43)c2)c2cccc3ccc4ccccc4c23)cc1.Cc1cccc(N(c2ccc3c(ccc4ccccc43)c2)c2cccc3ccc4ccccc4c23)c1.Cc1ccccc1N(c1ccc2c(ccc3ccccc32)c1)c1cccc2ccc3ccccc3c12. The molecule has 0 unspecified atom stereocenters. The quantitative estimate of drug-likeness (QED) is 0.113. The summed E-state index contributed by atoms with van der Waals surface area (Å²) in [6.07, 6.45) is 0. The molecule has 0 N–H and O–H groups in total. The van der Waals surface area contributed by atoms with Gasteiger partial charge in [0.1, 0.15) is 0 Å². The fraction of sp³-hybridized carbons (Fsp3) is 0.0286. The van der Waals surface area contributed by atoms with Crippen molar-refractivity contribution in [2.24, 2.45) is 0 Å². The lowest BCUT2D eigenvalue weighted by Crippen LogP contribution is -2.12. The topological polar surface area (TPSA) is 13.0 Å². The summed E-state index contributed by atoms with van der Waals surface area (Å²) in [5, 5.41) is 40.6. The molecular formula is C140H100N4. The monoisotopic (exact) mass is 1840 g/mol. The average molecular weight is 1840 g/mol. The molecule has 4 nitrogen and oxygen atoms in total. The highest BCUT2D eigenvalue weighted by atomic mass is 15.2. The highest BCUT2D eigenvalue weighted by molar-refractivity contribution is 6.22. The maximum Gasteiger partial charge on any atom is 0.0546 e. The van der Waals surface area contributed by atoms with Gasteiger partial charge in [0, 0.05) is 67.0 Å². The van der Waals surface area contributed by atoms with Crippen LogP contribution in [-0.2, 0) is 0 Å². The number of hydrogen-bond acceptors (Lipinski definition) is 4. The summed E-state index contributed by atoms with van der Waals surface area (Å²) in [5.41, 5.74) is 19.0. The molecule has 144 heavy (non-hydrogen) atoms. The maximum atomic E-state index is 2.43. The van der Waals surface area contributed by atoms with Crippen molar-refractivity contribution < 1.29 is 0 Å². The van der Waals surface area contributed by atoms with E-state index in [-0.39, 0.29) is 0 Å². The van der Waals surface area contributed by atoms with E-state index in [0.29, 0.717) is 0 Å². The van der Waals surface area contributed by atoms with E-state index in [4.69, 9.17) is 0 Å². The summed E-state index contributed by atoms with van der Waals surface area (Å²) in [4.78, 5) is 9.65. The van der Waals surface area contributed by atoms with Crippen molar-refractivity contribution in [1.82, 2.24) is 0 Å². The molecule has 0 aliphatic rings. The van der Waals surface area contributed by atoms with E-state index >= 15 is 0 Å². The smallest absolute Gasteiger partial charge is 0.0546 e. The van der Waals surface area contributed by atoms with Crippen molar-refractivity contribution in [2.75, 3.05) is 19.6 Å². The first-order chi connectivity index (χ1) is 71.1. The van der Waals surface area contributed by atoms with Crippen molar-refractivity contribution in [2.45, 2.75) is 27.7 Å². The number of benzene rings is 28. The molecular weight excluding hydrogens is 1740 g/mol. The lowest BCUT2D eigenvalue weighted by Gasteiger charge is -2.29. The van der Waals surface area contributed by atoms with E-state index in [9.17, 15) is 0 Å². The number of nitrogens with zero attached hydrogens (tertiary/aromatic N) is 4. The minimum absolute atomic E-state index is 1.15. The molecule has 0 radical (unpaired) electrons. The number of hydrogen-bond donors (Lipinski definition) is 0. The largest absolute Gasteiger partial charge is 0.310 e. The van der Waals surface area contributed by atoms with E-state index in [0.717, 1.165) is 39.8 Å². The molecule has 0 aromatic heterocycles. The Morgan fingerprint density at radius 3 is 0.708 bits per heavy atom. The van der Waals surface area contributed by atoms with Crippen molar-refractivity contribution in [3.63, 3.8) is 0 Å². The number of rotatable bonds is 12. The number of anilines is 12. The average Bonchev–Trinajstić information content (AvgIpc) is 0.655. The van der Waals surface area contributed by atoms with Crippen molar-refractivity contribution >= 4 is 241 Å². The molecule has 0 saturated heterocycles. The van der Waals surface area contributed by atoms with Crippen LogP contribution in [0.5, 0.6) is 0 Å². The van der Waals surface area contributed by atoms with Crippen LogP contribution in [-0.4, -0.2) is 0 Å². The second kappa shape index (κ2) is 37.4. The van der Waals surface area contributed by atoms with Crippen molar-refractivity contribution in [3.8, 4) is 0 Å². The van der Waals surface area contributed by atoms with Gasteiger partial charge in [-0.3, -0.25) is 0 Å². The van der Waals surface area contributed by atoms with Gasteiger partial charge in [-0.2, -0.15) is 0 Å². The van der Waals surface area contributed by atoms with E-state index in [2.05, 4.69) is 581 Å². The Morgan fingerprint density at radius 2 is 0.340 bits per heavy atom. The summed E-state index contributed by atoms with van der Waals surface area (Å²) < 4.78 is 0. The van der Waals surface area contributed by atoms with Crippen molar-refractivity contribution in [1.29, 1.82) is 0 Å². The van der Waals surface area contributed by atoms with Gasteiger partial charge in [-0.15, -0.1) is 0 Å². The zero-order chi connectivity index (χ0) is 96.2. The highest BCUT2D eigenvalue weighted by Crippen LogP contribution is 2.50. The third-order valence-electron chi connectivity index (χ3n) is 29.1. The first-order valence-corrected chi connectivity index (χ1v) is 49.8. The summed E-state index contributed by atoms with van der Waals surface area (Å²) in [7, 11) is 0. The lowest BCUT2D eigenvalue weighted by atomic mass is 9.98. The molecule has 0 bridgehead atoms. The van der Waals surface area contributed by atoms with Crippen LogP contribution in [0.3, 0.4) is 0 Å². The minimum atomic E-state index is 1.15. The Hall–Kier alpha value is -18.5. The molecule has 4 heteroatoms. The van der Waals surface area contributed by atoms with Crippen LogP contribution >= 0.6 is 0 Å². The zero-order valence-corrected chi connectivity index (χ0v) is 80.6. The summed E-state index contributed by atoms with van der Waals surface area (Å²) in [6.45, 7) is 8.63. The fourth-order valence-corrected chi connectivity index (χ4v) is 22.1. The van der Waals surface area contributed by atoms with Crippen LogP contribution in [0.1, 0.15) is 22.3 Å². The van der Waals surface area contributed by atoms with Crippen molar-refractivity contribution in [3.05, 3.63) is 556 Å². The summed E-state index contributed by atoms with van der Waals surface area (Å²) >= 11 is 0. The van der Waals surface area contributed by atoms with Crippen LogP contribution in [0.15, 0.2) is 534 Å². The van der Waals surface area contributed by atoms with E-state index in [1.165, 1.54) is 223 Å². The maximum absolute atomic E-state index is 2.43. The molecule has 680 valence electrons. The molecule has 0 fully saturated rings. The Balaban J connectivity index is 0.000000101. The molecule has 28 aromatic rings. The predicted molar refractivity (Wildman–Crippen MR) is 624 cm³/mol. The number of aryl methyl sites for hydroxylation is 4. The second-order valence-corrected chi connectivity index (χ2v) is 38.1. The molecule has 28 aromatic carbocycles. The second-order valence-electron chi connectivity index (χ2n) is 38.1. The number of fused-ring (bicyclic) bond motifs is 24. The van der Waals surface area contributed by atoms with Crippen LogP contribution < -0.4 is 19.6 Å². The van der Waals surface area contributed by atoms with E-state index < -0.39 is 0 Å². The number of para-hydroxylation sites is 1. The molecule has 0 amide bonds. The fourth-order valence-electron chi connectivity index (χ4n) is 22.1. The van der Waals surface area contributed by atoms with Gasteiger partial charge in [-0.1, -0.05) is 430 Å². The normalized spacial score (nSPS) is 11.5. The molecule has 0 heterocycles. The first-order valence-electron chi connectivity index (χ1n) is 49.8. The minimum Gasteiger partial charge on any atom is -0.310 e. The van der Waals surface area contributed by atoms with Crippen LogP contribution in [0.25, 0.3) is 172 Å². The third kappa shape index (κ3) is 16.2. The van der Waals surface area contributed by atoms with Crippen LogP contribution in [0, 0.1) is 27.7 Å². The lowest BCUT2D eigenvalue weighted by molar-refractivity contribution is 1.27. The van der Waals surface area contributed by atoms with Gasteiger partial charge in [0.25, 0.3) is 0 Å². The van der Waals surface area contributed by atoms with Gasteiger partial charge in [0.05, 0.1) is 22.7 Å². The third-order valence-corrected chi connectivity index (χ3v) is 29.1. The first kappa shape index (κ1) is 87.1. The highest BCUT2D eigenvalue weighted by Gasteiger charge is 2.25. The van der Waals surface area contributed by atoms with E-state index in [1.54, 1.807) is 0 Å².